The Kier molecular flexibility index (Phi) is 6.86. The van der Waals surface area contributed by atoms with Crippen molar-refractivity contribution in [2.75, 3.05) is 0 Å². The Hall–Kier alpha value is -1.76. The third kappa shape index (κ3) is 4.80. The van der Waals surface area contributed by atoms with Crippen molar-refractivity contribution in [2.45, 2.75) is 44.3 Å². The summed E-state index contributed by atoms with van der Waals surface area (Å²) in [6.45, 7) is 6.60. The Labute approximate surface area is 178 Å². The highest BCUT2D eigenvalue weighted by molar-refractivity contribution is 7.98. The molecule has 0 amide bonds. The van der Waals surface area contributed by atoms with Gasteiger partial charge in [-0.3, -0.25) is 0 Å². The fourth-order valence-electron chi connectivity index (χ4n) is 2.73. The first-order chi connectivity index (χ1) is 13.4. The van der Waals surface area contributed by atoms with Gasteiger partial charge in [-0.2, -0.15) is 0 Å². The molecule has 0 aliphatic carbocycles. The van der Waals surface area contributed by atoms with Gasteiger partial charge in [0.1, 0.15) is 11.6 Å². The maximum atomic E-state index is 13.2. The van der Waals surface area contributed by atoms with Crippen molar-refractivity contribution < 1.29 is 9.13 Å². The van der Waals surface area contributed by atoms with Crippen LogP contribution in [0.25, 0.3) is 0 Å². The van der Waals surface area contributed by atoms with Crippen molar-refractivity contribution in [3.05, 3.63) is 69.2 Å². The first kappa shape index (κ1) is 21.0. The van der Waals surface area contributed by atoms with Crippen molar-refractivity contribution in [3.8, 4) is 5.75 Å². The number of ether oxygens (including phenoxy) is 1. The summed E-state index contributed by atoms with van der Waals surface area (Å²) in [4.78, 5) is 0. The largest absolute Gasteiger partial charge is 0.483 e. The smallest absolute Gasteiger partial charge is 0.191 e. The average molecular weight is 440 g/mol. The number of aromatic nitrogens is 3. The lowest BCUT2D eigenvalue weighted by molar-refractivity contribution is 0.210. The van der Waals surface area contributed by atoms with Crippen molar-refractivity contribution >= 4 is 35.0 Å². The highest BCUT2D eigenvalue weighted by Gasteiger charge is 2.19. The molecule has 2 aromatic carbocycles. The van der Waals surface area contributed by atoms with E-state index in [2.05, 4.69) is 10.2 Å². The Bertz CT molecular complexity index is 980. The quantitative estimate of drug-likeness (QED) is 0.394. The van der Waals surface area contributed by atoms with E-state index >= 15 is 0 Å². The molecule has 1 unspecified atom stereocenters. The molecule has 0 aliphatic heterocycles. The van der Waals surface area contributed by atoms with Gasteiger partial charge < -0.3 is 9.30 Å². The zero-order valence-electron chi connectivity index (χ0n) is 15.7. The molecule has 1 atom stereocenters. The summed E-state index contributed by atoms with van der Waals surface area (Å²) in [5, 5.41) is 10.5. The van der Waals surface area contributed by atoms with Crippen LogP contribution >= 0.6 is 35.0 Å². The molecule has 1 heterocycles. The van der Waals surface area contributed by atoms with Crippen LogP contribution in [0.2, 0.25) is 10.0 Å². The van der Waals surface area contributed by atoms with Gasteiger partial charge in [-0.05, 0) is 62.2 Å². The molecule has 0 saturated heterocycles. The van der Waals surface area contributed by atoms with Crippen LogP contribution in [0.1, 0.15) is 36.9 Å². The van der Waals surface area contributed by atoms with Crippen LogP contribution < -0.4 is 4.74 Å². The Morgan fingerprint density at radius 1 is 1.14 bits per heavy atom. The maximum absolute atomic E-state index is 13.2. The Morgan fingerprint density at radius 3 is 2.61 bits per heavy atom. The molecule has 3 aromatic rings. The highest BCUT2D eigenvalue weighted by atomic mass is 35.5. The second-order valence-electron chi connectivity index (χ2n) is 6.28. The molecule has 0 radical (unpaired) electrons. The third-order valence-corrected chi connectivity index (χ3v) is 6.03. The van der Waals surface area contributed by atoms with Gasteiger partial charge in [-0.1, -0.05) is 41.0 Å². The number of thioether (sulfide) groups is 1. The van der Waals surface area contributed by atoms with Gasteiger partial charge in [0, 0.05) is 22.3 Å². The number of hydrogen-bond acceptors (Lipinski definition) is 4. The van der Waals surface area contributed by atoms with Crippen molar-refractivity contribution in [1.82, 2.24) is 14.8 Å². The number of aryl methyl sites for hydroxylation is 1. The molecule has 0 fully saturated rings. The Balaban J connectivity index is 1.74. The molecule has 0 aliphatic rings. The molecule has 0 bridgehead atoms. The van der Waals surface area contributed by atoms with Crippen LogP contribution in [-0.4, -0.2) is 14.8 Å². The summed E-state index contributed by atoms with van der Waals surface area (Å²) >= 11 is 13.7. The van der Waals surface area contributed by atoms with Crippen molar-refractivity contribution in [1.29, 1.82) is 0 Å². The molecule has 0 spiro atoms. The van der Waals surface area contributed by atoms with Crippen LogP contribution in [0.3, 0.4) is 0 Å². The summed E-state index contributed by atoms with van der Waals surface area (Å²) < 4.78 is 21.3. The summed E-state index contributed by atoms with van der Waals surface area (Å²) in [5.41, 5.74) is 1.80. The van der Waals surface area contributed by atoms with Gasteiger partial charge in [-0.15, -0.1) is 10.2 Å². The number of rotatable bonds is 7. The molecule has 4 nitrogen and oxygen atoms in total. The molecular formula is C20H20Cl2FN3OS. The zero-order chi connectivity index (χ0) is 20.3. The van der Waals surface area contributed by atoms with E-state index in [0.29, 0.717) is 22.3 Å². The molecule has 0 saturated carbocycles. The summed E-state index contributed by atoms with van der Waals surface area (Å²) in [5.74, 6) is 1.69. The van der Waals surface area contributed by atoms with Crippen molar-refractivity contribution in [2.24, 2.45) is 0 Å². The molecule has 8 heteroatoms. The zero-order valence-corrected chi connectivity index (χ0v) is 18.1. The van der Waals surface area contributed by atoms with E-state index < -0.39 is 0 Å². The fourth-order valence-corrected chi connectivity index (χ4v) is 4.18. The second kappa shape index (κ2) is 9.16. The summed E-state index contributed by atoms with van der Waals surface area (Å²) in [6.07, 6.45) is -0.281. The number of benzene rings is 2. The number of nitrogens with zero attached hydrogens (tertiary/aromatic N) is 3. The van der Waals surface area contributed by atoms with Crippen LogP contribution in [0, 0.1) is 12.7 Å². The lowest BCUT2D eigenvalue weighted by Crippen LogP contribution is -2.12. The third-order valence-electron chi connectivity index (χ3n) is 4.24. The molecule has 148 valence electrons. The van der Waals surface area contributed by atoms with E-state index in [-0.39, 0.29) is 11.9 Å². The predicted molar refractivity (Wildman–Crippen MR) is 112 cm³/mol. The van der Waals surface area contributed by atoms with Crippen LogP contribution in [0.4, 0.5) is 4.39 Å². The fraction of sp³-hybridized carbons (Fsp3) is 0.300. The normalized spacial score (nSPS) is 12.2. The van der Waals surface area contributed by atoms with E-state index in [0.717, 1.165) is 27.9 Å². The summed E-state index contributed by atoms with van der Waals surface area (Å²) in [7, 11) is 0. The standard InChI is InChI=1S/C20H20Cl2FN3OS/c1-4-26-19(13(3)27-16-7-8-17(21)12(2)9-16)24-25-20(26)28-11-14-5-6-15(23)10-18(14)22/h5-10,13H,4,11H2,1-3H3. The minimum atomic E-state index is -0.346. The number of halogens is 3. The summed E-state index contributed by atoms with van der Waals surface area (Å²) in [6, 6.07) is 9.96. The van der Waals surface area contributed by atoms with E-state index in [4.69, 9.17) is 27.9 Å². The molecule has 1 aromatic heterocycles. The first-order valence-electron chi connectivity index (χ1n) is 8.81. The lowest BCUT2D eigenvalue weighted by Gasteiger charge is -2.16. The number of hydrogen-bond donors (Lipinski definition) is 0. The maximum Gasteiger partial charge on any atom is 0.191 e. The topological polar surface area (TPSA) is 39.9 Å². The van der Waals surface area contributed by atoms with Crippen LogP contribution in [-0.2, 0) is 12.3 Å². The van der Waals surface area contributed by atoms with Crippen LogP contribution in [0.15, 0.2) is 41.6 Å². The minimum absolute atomic E-state index is 0.281. The SMILES string of the molecule is CCn1c(SCc2ccc(F)cc2Cl)nnc1C(C)Oc1ccc(Cl)c(C)c1. The van der Waals surface area contributed by atoms with E-state index in [1.807, 2.05) is 43.5 Å². The monoisotopic (exact) mass is 439 g/mol. The minimum Gasteiger partial charge on any atom is -0.483 e. The molecular weight excluding hydrogens is 420 g/mol. The van der Waals surface area contributed by atoms with Gasteiger partial charge in [0.15, 0.2) is 17.1 Å². The van der Waals surface area contributed by atoms with Crippen molar-refractivity contribution in [3.63, 3.8) is 0 Å². The average Bonchev–Trinajstić information content (AvgIpc) is 3.07. The van der Waals surface area contributed by atoms with Gasteiger partial charge in [-0.25, -0.2) is 4.39 Å². The highest BCUT2D eigenvalue weighted by Crippen LogP contribution is 2.30. The van der Waals surface area contributed by atoms with Gasteiger partial charge in [0.2, 0.25) is 0 Å². The lowest BCUT2D eigenvalue weighted by atomic mass is 10.2. The van der Waals surface area contributed by atoms with Gasteiger partial charge in [0.05, 0.1) is 0 Å². The van der Waals surface area contributed by atoms with Gasteiger partial charge in [0.25, 0.3) is 0 Å². The van der Waals surface area contributed by atoms with E-state index in [1.54, 1.807) is 6.07 Å². The Morgan fingerprint density at radius 2 is 1.93 bits per heavy atom. The first-order valence-corrected chi connectivity index (χ1v) is 10.6. The van der Waals surface area contributed by atoms with E-state index in [9.17, 15) is 4.39 Å². The van der Waals surface area contributed by atoms with E-state index in [1.165, 1.54) is 23.9 Å². The predicted octanol–water partition coefficient (Wildman–Crippen LogP) is 6.48. The molecule has 3 rings (SSSR count). The second-order valence-corrected chi connectivity index (χ2v) is 8.04. The molecule has 0 N–H and O–H groups in total. The molecule has 28 heavy (non-hydrogen) atoms. The van der Waals surface area contributed by atoms with Gasteiger partial charge >= 0.3 is 0 Å². The van der Waals surface area contributed by atoms with Crippen LogP contribution in [0.5, 0.6) is 5.75 Å².